The number of aliphatic hydroxyl groups is 4. The first kappa shape index (κ1) is 14.7. The average Bonchev–Trinajstić information content (AvgIpc) is 2.21. The van der Waals surface area contributed by atoms with Gasteiger partial charge in [-0.1, -0.05) is 0 Å². The SMILES string of the molecule is N[C@H]1C(O)O[C@](CO)(OS(=O)(=O)O)[C@H](O)[C@@H]1O. The quantitative estimate of drug-likeness (QED) is 0.277. The smallest absolute Gasteiger partial charge is 0.391 e. The molecule has 0 aromatic rings. The minimum absolute atomic E-state index is 1.26. The first-order valence-electron chi connectivity index (χ1n) is 4.39. The van der Waals surface area contributed by atoms with E-state index in [0.29, 0.717) is 0 Å². The van der Waals surface area contributed by atoms with Gasteiger partial charge >= 0.3 is 10.4 Å². The fourth-order valence-corrected chi connectivity index (χ4v) is 1.94. The third kappa shape index (κ3) is 2.90. The molecule has 1 rings (SSSR count). The maximum atomic E-state index is 10.5. The molecule has 0 aromatic heterocycles. The van der Waals surface area contributed by atoms with Crippen molar-refractivity contribution in [1.82, 2.24) is 0 Å². The van der Waals surface area contributed by atoms with Crippen LogP contribution in [0.5, 0.6) is 0 Å². The summed E-state index contributed by atoms with van der Waals surface area (Å²) in [6, 6.07) is -1.44. The van der Waals surface area contributed by atoms with Gasteiger partial charge in [-0.3, -0.25) is 4.55 Å². The van der Waals surface area contributed by atoms with Gasteiger partial charge in [0.15, 0.2) is 6.29 Å². The molecule has 1 heterocycles. The second-order valence-corrected chi connectivity index (χ2v) is 4.52. The number of aliphatic hydroxyl groups excluding tert-OH is 4. The zero-order chi connectivity index (χ0) is 13.4. The van der Waals surface area contributed by atoms with E-state index in [4.69, 9.17) is 15.4 Å². The van der Waals surface area contributed by atoms with Crippen molar-refractivity contribution in [2.24, 2.45) is 5.73 Å². The van der Waals surface area contributed by atoms with Crippen LogP contribution in [0.2, 0.25) is 0 Å². The first-order chi connectivity index (χ1) is 7.63. The monoisotopic (exact) mass is 275 g/mol. The molecule has 1 unspecified atom stereocenters. The van der Waals surface area contributed by atoms with Crippen molar-refractivity contribution in [3.63, 3.8) is 0 Å². The lowest BCUT2D eigenvalue weighted by Gasteiger charge is -2.44. The summed E-state index contributed by atoms with van der Waals surface area (Å²) in [4.78, 5) is 0. The van der Waals surface area contributed by atoms with Crippen molar-refractivity contribution in [2.75, 3.05) is 6.61 Å². The Morgan fingerprint density at radius 2 is 1.88 bits per heavy atom. The Kier molecular flexibility index (Phi) is 4.08. The molecule has 1 fully saturated rings. The largest absolute Gasteiger partial charge is 0.400 e. The Morgan fingerprint density at radius 3 is 2.29 bits per heavy atom. The average molecular weight is 275 g/mol. The molecule has 0 aromatic carbocycles. The van der Waals surface area contributed by atoms with Crippen LogP contribution in [-0.4, -0.2) is 70.3 Å². The highest BCUT2D eigenvalue weighted by Crippen LogP contribution is 2.30. The minimum atomic E-state index is -5.10. The molecule has 5 atom stereocenters. The van der Waals surface area contributed by atoms with Crippen molar-refractivity contribution in [2.45, 2.75) is 30.3 Å². The van der Waals surface area contributed by atoms with Gasteiger partial charge in [-0.15, -0.1) is 0 Å². The molecule has 0 radical (unpaired) electrons. The van der Waals surface area contributed by atoms with E-state index in [-0.39, 0.29) is 0 Å². The highest BCUT2D eigenvalue weighted by atomic mass is 32.3. The van der Waals surface area contributed by atoms with Crippen molar-refractivity contribution in [1.29, 1.82) is 0 Å². The highest BCUT2D eigenvalue weighted by molar-refractivity contribution is 7.80. The summed E-state index contributed by atoms with van der Waals surface area (Å²) in [7, 11) is -5.10. The topological polar surface area (TPSA) is 180 Å². The van der Waals surface area contributed by atoms with Gasteiger partial charge in [0.05, 0.1) is 6.04 Å². The van der Waals surface area contributed by atoms with E-state index >= 15 is 0 Å². The Labute approximate surface area is 96.1 Å². The third-order valence-corrected chi connectivity index (χ3v) is 2.78. The van der Waals surface area contributed by atoms with Gasteiger partial charge in [0.25, 0.3) is 0 Å². The summed E-state index contributed by atoms with van der Waals surface area (Å²) < 4.78 is 38.0. The zero-order valence-corrected chi connectivity index (χ0v) is 9.19. The molecule has 102 valence electrons. The maximum Gasteiger partial charge on any atom is 0.400 e. The summed E-state index contributed by atoms with van der Waals surface area (Å²) in [6.45, 7) is -1.26. The second-order valence-electron chi connectivity index (χ2n) is 3.50. The molecule has 0 aliphatic carbocycles. The Balaban J connectivity index is 3.06. The molecular weight excluding hydrogens is 262 g/mol. The number of hydrogen-bond donors (Lipinski definition) is 6. The molecule has 0 bridgehead atoms. The molecule has 10 nitrogen and oxygen atoms in total. The third-order valence-electron chi connectivity index (χ3n) is 2.28. The molecule has 0 saturated carbocycles. The minimum Gasteiger partial charge on any atom is -0.391 e. The summed E-state index contributed by atoms with van der Waals surface area (Å²) in [5.74, 6) is -2.72. The van der Waals surface area contributed by atoms with Crippen LogP contribution in [0.3, 0.4) is 0 Å². The number of hydrogen-bond acceptors (Lipinski definition) is 9. The van der Waals surface area contributed by atoms with E-state index in [1.54, 1.807) is 0 Å². The maximum absolute atomic E-state index is 10.5. The van der Waals surface area contributed by atoms with E-state index in [1.165, 1.54) is 0 Å². The van der Waals surface area contributed by atoms with Crippen molar-refractivity contribution < 1.29 is 42.3 Å². The van der Waals surface area contributed by atoms with Crippen LogP contribution in [0.1, 0.15) is 0 Å². The number of ether oxygens (including phenoxy) is 1. The van der Waals surface area contributed by atoms with Crippen LogP contribution in [0.4, 0.5) is 0 Å². The van der Waals surface area contributed by atoms with Crippen molar-refractivity contribution in [3.05, 3.63) is 0 Å². The molecule has 1 aliphatic heterocycles. The van der Waals surface area contributed by atoms with Crippen LogP contribution in [-0.2, 0) is 19.3 Å². The van der Waals surface area contributed by atoms with Crippen LogP contribution >= 0.6 is 0 Å². The summed E-state index contributed by atoms with van der Waals surface area (Å²) >= 11 is 0. The van der Waals surface area contributed by atoms with Crippen molar-refractivity contribution in [3.8, 4) is 0 Å². The summed E-state index contributed by atoms with van der Waals surface area (Å²) in [6.07, 6.45) is -5.82. The first-order valence-corrected chi connectivity index (χ1v) is 5.76. The van der Waals surface area contributed by atoms with Crippen molar-refractivity contribution >= 4 is 10.4 Å². The van der Waals surface area contributed by atoms with E-state index in [0.717, 1.165) is 0 Å². The second kappa shape index (κ2) is 4.72. The molecule has 7 N–H and O–H groups in total. The molecule has 1 aliphatic rings. The van der Waals surface area contributed by atoms with Crippen LogP contribution in [0, 0.1) is 0 Å². The summed E-state index contributed by atoms with van der Waals surface area (Å²) in [5.41, 5.74) is 5.22. The fourth-order valence-electron chi connectivity index (χ4n) is 1.40. The zero-order valence-electron chi connectivity index (χ0n) is 8.37. The molecule has 17 heavy (non-hydrogen) atoms. The number of rotatable bonds is 3. The van der Waals surface area contributed by atoms with E-state index in [1.807, 2.05) is 0 Å². The lowest BCUT2D eigenvalue weighted by molar-refractivity contribution is -0.359. The predicted molar refractivity (Wildman–Crippen MR) is 49.5 cm³/mol. The van der Waals surface area contributed by atoms with Gasteiger partial charge in [-0.25, -0.2) is 4.18 Å². The summed E-state index contributed by atoms with van der Waals surface area (Å²) in [5, 5.41) is 37.1. The van der Waals surface area contributed by atoms with Gasteiger partial charge < -0.3 is 30.9 Å². The van der Waals surface area contributed by atoms with Crippen LogP contribution < -0.4 is 5.73 Å². The highest BCUT2D eigenvalue weighted by Gasteiger charge is 2.55. The molecular formula is C6H13NO9S. The van der Waals surface area contributed by atoms with Gasteiger partial charge in [-0.05, 0) is 0 Å². The normalized spacial score (nSPS) is 43.6. The van der Waals surface area contributed by atoms with Gasteiger partial charge in [0.1, 0.15) is 18.8 Å². The van der Waals surface area contributed by atoms with Gasteiger partial charge in [0, 0.05) is 0 Å². The van der Waals surface area contributed by atoms with E-state index < -0.39 is 47.3 Å². The van der Waals surface area contributed by atoms with Gasteiger partial charge in [-0.2, -0.15) is 8.42 Å². The lowest BCUT2D eigenvalue weighted by Crippen LogP contribution is -2.69. The Bertz CT molecular complexity index is 372. The molecule has 1 saturated heterocycles. The lowest BCUT2D eigenvalue weighted by atomic mass is 9.95. The van der Waals surface area contributed by atoms with E-state index in [9.17, 15) is 23.7 Å². The molecule has 0 amide bonds. The Hall–Kier alpha value is -0.370. The Morgan fingerprint density at radius 1 is 1.35 bits per heavy atom. The van der Waals surface area contributed by atoms with Crippen LogP contribution in [0.25, 0.3) is 0 Å². The van der Waals surface area contributed by atoms with E-state index in [2.05, 4.69) is 8.92 Å². The van der Waals surface area contributed by atoms with Gasteiger partial charge in [0.2, 0.25) is 5.79 Å². The fraction of sp³-hybridized carbons (Fsp3) is 1.00. The molecule has 11 heteroatoms. The number of nitrogens with two attached hydrogens (primary N) is 1. The van der Waals surface area contributed by atoms with Crippen LogP contribution in [0.15, 0.2) is 0 Å². The molecule has 0 spiro atoms. The standard InChI is InChI=1S/C6H13NO9S/c7-2-3(9)4(10)6(1-8,15-5(2)11)16-17(12,13)14/h2-5,8-11H,1,7H2,(H,12,13,14)/t2-,3-,4-,5?,6-/m1/s1. The predicted octanol–water partition coefficient (Wildman–Crippen LogP) is -4.11.